The minimum atomic E-state index is -0.234. The highest BCUT2D eigenvalue weighted by Crippen LogP contribution is 2.17. The number of hydrogen-bond donors (Lipinski definition) is 2. The van der Waals surface area contributed by atoms with Gasteiger partial charge in [-0.3, -0.25) is 4.79 Å². The summed E-state index contributed by atoms with van der Waals surface area (Å²) < 4.78 is 1.80. The lowest BCUT2D eigenvalue weighted by Gasteiger charge is -2.11. The maximum atomic E-state index is 12.6. The molecule has 4 rings (SSSR count). The Morgan fingerprint density at radius 2 is 2.08 bits per heavy atom. The minimum Gasteiger partial charge on any atom is -0.342 e. The number of para-hydroxylation sites is 2. The Hall–Kier alpha value is -3.22. The van der Waals surface area contributed by atoms with Gasteiger partial charge in [0.15, 0.2) is 0 Å². The quantitative estimate of drug-likeness (QED) is 0.600. The van der Waals surface area contributed by atoms with Gasteiger partial charge in [0.2, 0.25) is 0 Å². The minimum absolute atomic E-state index is 0.166. The number of carbonyl (C=O) groups is 1. The standard InChI is InChI=1S/C18H18N6O/c1-3-24-16-9-8-12(10-15(16)22-23-24)18(25)19-11(2)17-20-13-6-4-5-7-14(13)21-17/h4-11H,3H2,1-2H3,(H,19,25)(H,20,21)/t11-/m0/s1. The molecular weight excluding hydrogens is 316 g/mol. The summed E-state index contributed by atoms with van der Waals surface area (Å²) in [4.78, 5) is 20.3. The molecule has 0 spiro atoms. The second-order valence-electron chi connectivity index (χ2n) is 5.94. The van der Waals surface area contributed by atoms with Crippen LogP contribution < -0.4 is 5.32 Å². The number of rotatable bonds is 4. The number of benzene rings is 2. The van der Waals surface area contributed by atoms with Gasteiger partial charge in [-0.25, -0.2) is 9.67 Å². The molecule has 0 aliphatic heterocycles. The van der Waals surface area contributed by atoms with Crippen LogP contribution in [0.25, 0.3) is 22.1 Å². The van der Waals surface area contributed by atoms with Crippen LogP contribution in [0.4, 0.5) is 0 Å². The maximum Gasteiger partial charge on any atom is 0.251 e. The zero-order valence-corrected chi connectivity index (χ0v) is 14.0. The Kier molecular flexibility index (Phi) is 3.68. The van der Waals surface area contributed by atoms with Crippen molar-refractivity contribution >= 4 is 28.0 Å². The molecule has 1 atom stereocenters. The number of fused-ring (bicyclic) bond motifs is 2. The summed E-state index contributed by atoms with van der Waals surface area (Å²) in [7, 11) is 0. The molecule has 0 saturated heterocycles. The topological polar surface area (TPSA) is 88.5 Å². The first-order chi connectivity index (χ1) is 12.2. The summed E-state index contributed by atoms with van der Waals surface area (Å²) in [5, 5.41) is 11.2. The van der Waals surface area contributed by atoms with Crippen molar-refractivity contribution in [2.24, 2.45) is 0 Å². The smallest absolute Gasteiger partial charge is 0.251 e. The molecule has 2 N–H and O–H groups in total. The molecule has 7 nitrogen and oxygen atoms in total. The molecule has 0 aliphatic carbocycles. The van der Waals surface area contributed by atoms with Crippen molar-refractivity contribution in [2.75, 3.05) is 0 Å². The van der Waals surface area contributed by atoms with Gasteiger partial charge in [-0.15, -0.1) is 5.10 Å². The molecule has 2 heterocycles. The van der Waals surface area contributed by atoms with Gasteiger partial charge in [-0.2, -0.15) is 0 Å². The van der Waals surface area contributed by atoms with Crippen LogP contribution in [0.3, 0.4) is 0 Å². The van der Waals surface area contributed by atoms with E-state index >= 15 is 0 Å². The van der Waals surface area contributed by atoms with E-state index in [1.807, 2.05) is 44.2 Å². The van der Waals surface area contributed by atoms with E-state index in [1.54, 1.807) is 16.8 Å². The Morgan fingerprint density at radius 1 is 1.24 bits per heavy atom. The number of nitrogens with zero attached hydrogens (tertiary/aromatic N) is 4. The van der Waals surface area contributed by atoms with Gasteiger partial charge in [-0.05, 0) is 44.2 Å². The fourth-order valence-electron chi connectivity index (χ4n) is 2.87. The van der Waals surface area contributed by atoms with Gasteiger partial charge in [-0.1, -0.05) is 17.3 Å². The average molecular weight is 334 g/mol. The van der Waals surface area contributed by atoms with Gasteiger partial charge in [0, 0.05) is 12.1 Å². The third kappa shape index (κ3) is 2.73. The number of amides is 1. The molecule has 0 bridgehead atoms. The SMILES string of the molecule is CCn1nnc2cc(C(=O)N[C@@H](C)c3nc4ccccc4[nH]3)ccc21. The second kappa shape index (κ2) is 6.01. The van der Waals surface area contributed by atoms with E-state index in [9.17, 15) is 4.79 Å². The van der Waals surface area contributed by atoms with Crippen LogP contribution in [0.15, 0.2) is 42.5 Å². The maximum absolute atomic E-state index is 12.6. The summed E-state index contributed by atoms with van der Waals surface area (Å²) in [6.07, 6.45) is 0. The molecular formula is C18H18N6O. The van der Waals surface area contributed by atoms with Crippen LogP contribution in [0.1, 0.15) is 36.1 Å². The van der Waals surface area contributed by atoms with Crippen LogP contribution in [0, 0.1) is 0 Å². The highest BCUT2D eigenvalue weighted by Gasteiger charge is 2.16. The van der Waals surface area contributed by atoms with Gasteiger partial charge in [0.25, 0.3) is 5.91 Å². The van der Waals surface area contributed by atoms with Crippen molar-refractivity contribution in [3.63, 3.8) is 0 Å². The number of nitrogens with one attached hydrogen (secondary N) is 2. The second-order valence-corrected chi connectivity index (χ2v) is 5.94. The number of carbonyl (C=O) groups excluding carboxylic acids is 1. The Labute approximate surface area is 144 Å². The highest BCUT2D eigenvalue weighted by molar-refractivity contribution is 5.97. The number of H-pyrrole nitrogens is 1. The third-order valence-corrected chi connectivity index (χ3v) is 4.24. The lowest BCUT2D eigenvalue weighted by atomic mass is 10.1. The van der Waals surface area contributed by atoms with Gasteiger partial charge in [0.1, 0.15) is 11.3 Å². The number of aromatic nitrogens is 5. The van der Waals surface area contributed by atoms with Gasteiger partial charge < -0.3 is 10.3 Å². The van der Waals surface area contributed by atoms with Crippen LogP contribution in [0.5, 0.6) is 0 Å². The molecule has 0 radical (unpaired) electrons. The first kappa shape index (κ1) is 15.3. The monoisotopic (exact) mass is 334 g/mol. The van der Waals surface area contributed by atoms with Crippen molar-refractivity contribution in [3.05, 3.63) is 53.9 Å². The van der Waals surface area contributed by atoms with E-state index in [1.165, 1.54) is 0 Å². The van der Waals surface area contributed by atoms with Crippen molar-refractivity contribution in [2.45, 2.75) is 26.4 Å². The lowest BCUT2D eigenvalue weighted by Crippen LogP contribution is -2.27. The Bertz CT molecular complexity index is 1030. The van der Waals surface area contributed by atoms with Crippen LogP contribution in [0.2, 0.25) is 0 Å². The van der Waals surface area contributed by atoms with E-state index < -0.39 is 0 Å². The van der Waals surface area contributed by atoms with E-state index in [4.69, 9.17) is 0 Å². The molecule has 126 valence electrons. The number of hydrogen-bond acceptors (Lipinski definition) is 4. The summed E-state index contributed by atoms with van der Waals surface area (Å²) in [5.41, 5.74) is 4.03. The molecule has 7 heteroatoms. The summed E-state index contributed by atoms with van der Waals surface area (Å²) in [6, 6.07) is 13.0. The first-order valence-corrected chi connectivity index (χ1v) is 8.24. The van der Waals surface area contributed by atoms with E-state index in [0.717, 1.165) is 28.9 Å². The lowest BCUT2D eigenvalue weighted by molar-refractivity contribution is 0.0938. The number of aromatic amines is 1. The summed E-state index contributed by atoms with van der Waals surface area (Å²) >= 11 is 0. The van der Waals surface area contributed by atoms with Crippen molar-refractivity contribution in [3.8, 4) is 0 Å². The van der Waals surface area contributed by atoms with E-state index in [0.29, 0.717) is 11.1 Å². The predicted octanol–water partition coefficient (Wildman–Crippen LogP) is 2.82. The zero-order chi connectivity index (χ0) is 17.4. The summed E-state index contributed by atoms with van der Waals surface area (Å²) in [6.45, 7) is 4.65. The number of aryl methyl sites for hydroxylation is 1. The Morgan fingerprint density at radius 3 is 2.88 bits per heavy atom. The first-order valence-electron chi connectivity index (χ1n) is 8.24. The van der Waals surface area contributed by atoms with Gasteiger partial charge >= 0.3 is 0 Å². The van der Waals surface area contributed by atoms with Crippen molar-refractivity contribution < 1.29 is 4.79 Å². The molecule has 2 aromatic carbocycles. The number of imidazole rings is 1. The average Bonchev–Trinajstić information content (AvgIpc) is 3.24. The molecule has 25 heavy (non-hydrogen) atoms. The third-order valence-electron chi connectivity index (χ3n) is 4.24. The largest absolute Gasteiger partial charge is 0.342 e. The van der Waals surface area contributed by atoms with Gasteiger partial charge in [0.05, 0.1) is 22.6 Å². The van der Waals surface area contributed by atoms with Crippen molar-refractivity contribution in [1.82, 2.24) is 30.3 Å². The van der Waals surface area contributed by atoms with Crippen LogP contribution in [-0.4, -0.2) is 30.9 Å². The molecule has 0 aliphatic rings. The predicted molar refractivity (Wildman–Crippen MR) is 95.2 cm³/mol. The normalized spacial score (nSPS) is 12.6. The molecule has 0 fully saturated rings. The van der Waals surface area contributed by atoms with E-state index in [-0.39, 0.29) is 11.9 Å². The van der Waals surface area contributed by atoms with Crippen molar-refractivity contribution in [1.29, 1.82) is 0 Å². The molecule has 4 aromatic rings. The highest BCUT2D eigenvalue weighted by atomic mass is 16.1. The fourth-order valence-corrected chi connectivity index (χ4v) is 2.87. The zero-order valence-electron chi connectivity index (χ0n) is 14.0. The fraction of sp³-hybridized carbons (Fsp3) is 0.222. The molecule has 2 aromatic heterocycles. The molecule has 0 unspecified atom stereocenters. The van der Waals surface area contributed by atoms with E-state index in [2.05, 4.69) is 25.6 Å². The molecule has 0 saturated carbocycles. The summed E-state index contributed by atoms with van der Waals surface area (Å²) in [5.74, 6) is 0.563. The van der Waals surface area contributed by atoms with Crippen LogP contribution >= 0.6 is 0 Å². The Balaban J connectivity index is 1.56. The molecule has 1 amide bonds. The van der Waals surface area contributed by atoms with Crippen LogP contribution in [-0.2, 0) is 6.54 Å².